The smallest absolute Gasteiger partial charge is 0.167 e. The third kappa shape index (κ3) is 6.02. The molecule has 0 saturated carbocycles. The lowest BCUT2D eigenvalue weighted by atomic mass is 10.1. The Labute approximate surface area is 210 Å². The maximum atomic E-state index is 6.45. The number of hydrogen-bond donors (Lipinski definition) is 1. The van der Waals surface area contributed by atoms with Crippen molar-refractivity contribution in [3.8, 4) is 0 Å². The molecule has 2 aromatic heterocycles. The number of fused-ring (bicyclic) bond motifs is 1. The number of hydrazone groups is 1. The molecule has 2 N–H and O–H groups in total. The summed E-state index contributed by atoms with van der Waals surface area (Å²) in [4.78, 5) is 11.7. The Bertz CT molecular complexity index is 1170. The van der Waals surface area contributed by atoms with E-state index >= 15 is 0 Å². The summed E-state index contributed by atoms with van der Waals surface area (Å²) < 4.78 is 2.41. The van der Waals surface area contributed by atoms with Gasteiger partial charge >= 0.3 is 0 Å². The van der Waals surface area contributed by atoms with E-state index in [4.69, 9.17) is 10.7 Å². The van der Waals surface area contributed by atoms with Crippen molar-refractivity contribution in [3.63, 3.8) is 0 Å². The predicted octanol–water partition coefficient (Wildman–Crippen LogP) is 4.75. The molecule has 0 amide bonds. The first-order valence-corrected chi connectivity index (χ1v) is 12.3. The summed E-state index contributed by atoms with van der Waals surface area (Å²) in [7, 11) is 3.81. The number of hydrogen-bond acceptors (Lipinski definition) is 7. The minimum absolute atomic E-state index is 0.517. The highest BCUT2D eigenvalue weighted by Gasteiger charge is 2.23. The van der Waals surface area contributed by atoms with E-state index in [-0.39, 0.29) is 0 Å². The summed E-state index contributed by atoms with van der Waals surface area (Å²) in [6, 6.07) is 0. The van der Waals surface area contributed by atoms with Gasteiger partial charge in [-0.3, -0.25) is 4.99 Å². The molecule has 0 aliphatic carbocycles. The molecule has 8 nitrogen and oxygen atoms in total. The fraction of sp³-hybridized carbons (Fsp3) is 0.360. The van der Waals surface area contributed by atoms with Gasteiger partial charge in [-0.15, -0.1) is 0 Å². The van der Waals surface area contributed by atoms with Crippen molar-refractivity contribution in [2.75, 3.05) is 44.4 Å². The second-order valence-electron chi connectivity index (χ2n) is 7.75. The number of nitrogen functional groups attached to an aromatic ring is 1. The number of rotatable bonds is 4. The molecule has 0 fully saturated rings. The topological polar surface area (TPSA) is 87.4 Å². The fourth-order valence-electron chi connectivity index (χ4n) is 3.50. The van der Waals surface area contributed by atoms with Crippen LogP contribution in [0.1, 0.15) is 32.3 Å². The van der Waals surface area contributed by atoms with Crippen LogP contribution in [0.4, 0.5) is 11.6 Å². The Hall–Kier alpha value is -3.20. The van der Waals surface area contributed by atoms with E-state index in [2.05, 4.69) is 72.5 Å². The molecule has 0 atom stereocenters. The molecule has 0 spiro atoms. The highest BCUT2D eigenvalue weighted by atomic mass is 79.9. The van der Waals surface area contributed by atoms with Crippen molar-refractivity contribution < 1.29 is 0 Å². The average molecular weight is 525 g/mol. The van der Waals surface area contributed by atoms with E-state index in [1.54, 1.807) is 9.52 Å². The fourth-order valence-corrected chi connectivity index (χ4v) is 4.01. The van der Waals surface area contributed by atoms with E-state index in [1.165, 1.54) is 0 Å². The lowest BCUT2D eigenvalue weighted by molar-refractivity contribution is 0.440. The summed E-state index contributed by atoms with van der Waals surface area (Å²) in [5, 5.41) is 10.6. The number of anilines is 2. The van der Waals surface area contributed by atoms with Crippen molar-refractivity contribution in [1.82, 2.24) is 19.6 Å². The van der Waals surface area contributed by atoms with E-state index in [0.29, 0.717) is 24.6 Å². The highest BCUT2D eigenvalue weighted by Crippen LogP contribution is 2.34. The van der Waals surface area contributed by atoms with Gasteiger partial charge in [-0.2, -0.15) is 14.7 Å². The first-order valence-electron chi connectivity index (χ1n) is 11.5. The molecule has 0 bridgehead atoms. The largest absolute Gasteiger partial charge is 0.383 e. The van der Waals surface area contributed by atoms with Gasteiger partial charge in [-0.1, -0.05) is 50.3 Å². The van der Waals surface area contributed by atoms with Gasteiger partial charge in [0.1, 0.15) is 16.1 Å². The molecular formula is C25H33BrN8. The Morgan fingerprint density at radius 1 is 1.12 bits per heavy atom. The predicted molar refractivity (Wildman–Crippen MR) is 148 cm³/mol. The zero-order valence-corrected chi connectivity index (χ0v) is 21.9. The lowest BCUT2D eigenvalue weighted by Gasteiger charge is -2.20. The normalized spacial score (nSPS) is 19.7. The molecule has 34 heavy (non-hydrogen) atoms. The standard InChI is InChI=1S/C23H27BrN8.C2H6/c1-30(2)27-13-17-10-12-31(16-17)23-20(24)21(25)32-22(29-23)19(15-28-32)18-9-7-5-3-4-6-8-11-26-14-18;1-2/h3,5-6,8-10,13-15H,4,7,11-12,16,25H2,1-2H3;1-2H3/b5-3-,8-6-,18-9+,26-14?,27-13-;. The van der Waals surface area contributed by atoms with Crippen LogP contribution in [0.3, 0.4) is 0 Å². The van der Waals surface area contributed by atoms with Gasteiger partial charge in [-0.25, -0.2) is 4.98 Å². The second kappa shape index (κ2) is 12.3. The Morgan fingerprint density at radius 2 is 1.88 bits per heavy atom. The van der Waals surface area contributed by atoms with E-state index in [1.807, 2.05) is 46.6 Å². The number of halogens is 1. The van der Waals surface area contributed by atoms with Gasteiger partial charge in [-0.05, 0) is 34.3 Å². The SMILES string of the molecule is CC.CN(C)/N=C\C1=CCN(c2nc3c(/C4=C/C/C=C\C/C=C\CN=C4)cnn3c(N)c2Br)C1. The van der Waals surface area contributed by atoms with Crippen molar-refractivity contribution >= 4 is 51.2 Å². The number of aromatic nitrogens is 3. The highest BCUT2D eigenvalue weighted by molar-refractivity contribution is 9.10. The van der Waals surface area contributed by atoms with Gasteiger partial charge in [0.15, 0.2) is 5.65 Å². The van der Waals surface area contributed by atoms with Gasteiger partial charge in [0.25, 0.3) is 0 Å². The maximum absolute atomic E-state index is 6.45. The van der Waals surface area contributed by atoms with Crippen LogP contribution >= 0.6 is 15.9 Å². The van der Waals surface area contributed by atoms with Crippen molar-refractivity contribution in [3.05, 3.63) is 58.3 Å². The Morgan fingerprint density at radius 3 is 2.68 bits per heavy atom. The summed E-state index contributed by atoms with van der Waals surface area (Å²) in [6.45, 7) is 6.09. The van der Waals surface area contributed by atoms with Crippen LogP contribution in [-0.2, 0) is 0 Å². The number of allylic oxidation sites excluding steroid dienone is 5. The molecule has 0 saturated heterocycles. The molecule has 9 heteroatoms. The summed E-state index contributed by atoms with van der Waals surface area (Å²) >= 11 is 3.64. The van der Waals surface area contributed by atoms with Crippen LogP contribution in [-0.4, -0.2) is 65.8 Å². The first-order chi connectivity index (χ1) is 16.5. The van der Waals surface area contributed by atoms with Gasteiger partial charge in [0.2, 0.25) is 0 Å². The van der Waals surface area contributed by atoms with Crippen LogP contribution in [0.2, 0.25) is 0 Å². The van der Waals surface area contributed by atoms with Crippen LogP contribution in [0, 0.1) is 0 Å². The molecule has 0 unspecified atom stereocenters. The molecule has 180 valence electrons. The van der Waals surface area contributed by atoms with E-state index in [0.717, 1.165) is 46.4 Å². The van der Waals surface area contributed by atoms with Crippen LogP contribution in [0.25, 0.3) is 11.2 Å². The van der Waals surface area contributed by atoms with Gasteiger partial charge in [0.05, 0.1) is 19.0 Å². The third-order valence-electron chi connectivity index (χ3n) is 5.14. The number of nitrogens with two attached hydrogens (primary N) is 1. The molecule has 2 aromatic rings. The monoisotopic (exact) mass is 524 g/mol. The minimum Gasteiger partial charge on any atom is -0.383 e. The molecule has 2 aliphatic heterocycles. The Balaban J connectivity index is 0.00000158. The molecular weight excluding hydrogens is 492 g/mol. The molecule has 4 rings (SSSR count). The first kappa shape index (κ1) is 25.4. The Kier molecular flexibility index (Phi) is 9.21. The summed E-state index contributed by atoms with van der Waals surface area (Å²) in [6.07, 6.45) is 20.1. The van der Waals surface area contributed by atoms with Crippen LogP contribution < -0.4 is 10.6 Å². The maximum Gasteiger partial charge on any atom is 0.167 e. The van der Waals surface area contributed by atoms with Crippen LogP contribution in [0.5, 0.6) is 0 Å². The lowest BCUT2D eigenvalue weighted by Crippen LogP contribution is -2.23. The molecule has 2 aliphatic rings. The number of aliphatic imine (C=N–C) groups is 1. The van der Waals surface area contributed by atoms with Gasteiger partial charge < -0.3 is 15.6 Å². The van der Waals surface area contributed by atoms with Gasteiger partial charge in [0, 0.05) is 44.5 Å². The third-order valence-corrected chi connectivity index (χ3v) is 5.90. The van der Waals surface area contributed by atoms with Crippen molar-refractivity contribution in [1.29, 1.82) is 0 Å². The van der Waals surface area contributed by atoms with Crippen LogP contribution in [0.15, 0.2) is 62.8 Å². The molecule has 0 radical (unpaired) electrons. The number of nitrogens with zero attached hydrogens (tertiary/aromatic N) is 7. The summed E-state index contributed by atoms with van der Waals surface area (Å²) in [5.74, 6) is 1.31. The van der Waals surface area contributed by atoms with E-state index < -0.39 is 0 Å². The van der Waals surface area contributed by atoms with E-state index in [9.17, 15) is 0 Å². The van der Waals surface area contributed by atoms with Crippen molar-refractivity contribution in [2.24, 2.45) is 10.1 Å². The summed E-state index contributed by atoms with van der Waals surface area (Å²) in [5.41, 5.74) is 10.2. The minimum atomic E-state index is 0.517. The second-order valence-corrected chi connectivity index (χ2v) is 8.54. The average Bonchev–Trinajstić information content (AvgIpc) is 3.47. The zero-order chi connectivity index (χ0) is 24.5. The zero-order valence-electron chi connectivity index (χ0n) is 20.3. The van der Waals surface area contributed by atoms with Crippen molar-refractivity contribution in [2.45, 2.75) is 26.7 Å². The molecule has 0 aromatic carbocycles. The molecule has 4 heterocycles. The quantitative estimate of drug-likeness (QED) is 0.354.